The van der Waals surface area contributed by atoms with Crippen LogP contribution in [-0.2, 0) is 12.3 Å². The van der Waals surface area contributed by atoms with Crippen LogP contribution in [0.2, 0.25) is 0 Å². The summed E-state index contributed by atoms with van der Waals surface area (Å²) in [5.74, 6) is 1.39. The second kappa shape index (κ2) is 12.5. The molecule has 3 aliphatic rings. The Morgan fingerprint density at radius 2 is 1.72 bits per heavy atom. The Bertz CT molecular complexity index is 577. The maximum atomic E-state index is 12.9. The van der Waals surface area contributed by atoms with Crippen molar-refractivity contribution in [1.29, 1.82) is 0 Å². The second-order valence-electron chi connectivity index (χ2n) is 8.90. The lowest BCUT2D eigenvalue weighted by atomic mass is 10.0. The Morgan fingerprint density at radius 1 is 1.10 bits per heavy atom. The summed E-state index contributed by atoms with van der Waals surface area (Å²) >= 11 is 0. The Morgan fingerprint density at radius 3 is 2.14 bits per heavy atom. The first-order valence-electron chi connectivity index (χ1n) is 11.1. The van der Waals surface area contributed by atoms with Crippen LogP contribution in [0.25, 0.3) is 0 Å². The van der Waals surface area contributed by atoms with E-state index in [9.17, 15) is 8.78 Å². The SMILES string of the molecule is C.C=CC1C2CCCC12.CC1CCCC1.CNCCc1cccc(C(C)(F)F)c1. The zero-order valence-electron chi connectivity index (χ0n) is 18.0. The zero-order valence-corrected chi connectivity index (χ0v) is 18.0. The third-order valence-corrected chi connectivity index (χ3v) is 6.49. The molecule has 2 atom stereocenters. The molecule has 0 aliphatic heterocycles. The van der Waals surface area contributed by atoms with Crippen molar-refractivity contribution < 1.29 is 8.78 Å². The second-order valence-corrected chi connectivity index (χ2v) is 8.90. The lowest BCUT2D eigenvalue weighted by Gasteiger charge is -2.11. The van der Waals surface area contributed by atoms with Gasteiger partial charge in [0.1, 0.15) is 0 Å². The van der Waals surface area contributed by atoms with Crippen molar-refractivity contribution >= 4 is 0 Å². The number of likely N-dealkylation sites (N-methyl/N-ethyl adjacent to an activating group) is 1. The molecule has 3 saturated carbocycles. The summed E-state index contributed by atoms with van der Waals surface area (Å²) in [7, 11) is 1.85. The summed E-state index contributed by atoms with van der Waals surface area (Å²) in [4.78, 5) is 0. The summed E-state index contributed by atoms with van der Waals surface area (Å²) < 4.78 is 25.9. The minimum atomic E-state index is -2.74. The molecule has 4 rings (SSSR count). The Hall–Kier alpha value is -1.22. The topological polar surface area (TPSA) is 12.0 Å². The minimum Gasteiger partial charge on any atom is -0.319 e. The predicted molar refractivity (Wildman–Crippen MR) is 123 cm³/mol. The zero-order chi connectivity index (χ0) is 20.6. The Balaban J connectivity index is 0.000000235. The highest BCUT2D eigenvalue weighted by atomic mass is 19.3. The van der Waals surface area contributed by atoms with Crippen LogP contribution in [0.5, 0.6) is 0 Å². The van der Waals surface area contributed by atoms with Gasteiger partial charge in [-0.2, -0.15) is 0 Å². The van der Waals surface area contributed by atoms with E-state index in [0.29, 0.717) is 0 Å². The average Bonchev–Trinajstić information content (AvgIpc) is 3.02. The molecule has 3 heteroatoms. The molecule has 0 radical (unpaired) electrons. The van der Waals surface area contributed by atoms with E-state index >= 15 is 0 Å². The molecule has 0 spiro atoms. The molecular formula is C26H43F2N. The van der Waals surface area contributed by atoms with Gasteiger partial charge in [0.2, 0.25) is 0 Å². The van der Waals surface area contributed by atoms with Gasteiger partial charge in [0.05, 0.1) is 0 Å². The average molecular weight is 408 g/mol. The third kappa shape index (κ3) is 8.58. The molecule has 2 unspecified atom stereocenters. The summed E-state index contributed by atoms with van der Waals surface area (Å²) in [5, 5.41) is 2.99. The number of hydrogen-bond donors (Lipinski definition) is 1. The standard InChI is InChI=1S/C11H15F2N.C8H12.C6H12.CH4/c1-11(12,13)10-5-3-4-9(8-10)6-7-14-2;1-2-6-7-4-3-5-8(6)7;1-6-4-2-3-5-6;/h3-5,8,14H,6-7H2,1-2H3;2,6-8H,1,3-5H2;6H,2-5H2,1H3;1H4. The maximum absolute atomic E-state index is 12.9. The fourth-order valence-electron chi connectivity index (χ4n) is 4.63. The Kier molecular flexibility index (Phi) is 11.1. The van der Waals surface area contributed by atoms with E-state index in [1.165, 1.54) is 51.0 Å². The predicted octanol–water partition coefficient (Wildman–Crippen LogP) is 7.61. The van der Waals surface area contributed by atoms with Crippen LogP contribution in [0, 0.1) is 23.7 Å². The molecule has 3 aliphatic carbocycles. The molecule has 0 bridgehead atoms. The largest absolute Gasteiger partial charge is 0.319 e. The molecule has 166 valence electrons. The maximum Gasteiger partial charge on any atom is 0.270 e. The van der Waals surface area contributed by atoms with Crippen LogP contribution in [0.4, 0.5) is 8.78 Å². The number of fused-ring (bicyclic) bond motifs is 1. The molecule has 1 aromatic carbocycles. The highest BCUT2D eigenvalue weighted by Crippen LogP contribution is 2.57. The molecule has 1 N–H and O–H groups in total. The molecule has 0 saturated heterocycles. The van der Waals surface area contributed by atoms with Crippen molar-refractivity contribution in [2.45, 2.75) is 78.6 Å². The molecule has 0 amide bonds. The minimum absolute atomic E-state index is 0. The lowest BCUT2D eigenvalue weighted by molar-refractivity contribution is 0.0174. The van der Waals surface area contributed by atoms with Crippen molar-refractivity contribution in [3.05, 3.63) is 48.0 Å². The molecule has 3 fully saturated rings. The van der Waals surface area contributed by atoms with E-state index in [-0.39, 0.29) is 13.0 Å². The first-order valence-corrected chi connectivity index (χ1v) is 11.1. The van der Waals surface area contributed by atoms with Crippen molar-refractivity contribution in [1.82, 2.24) is 5.32 Å². The van der Waals surface area contributed by atoms with Gasteiger partial charge in [-0.25, -0.2) is 8.78 Å². The highest BCUT2D eigenvalue weighted by Gasteiger charge is 2.50. The van der Waals surface area contributed by atoms with Crippen molar-refractivity contribution in [2.75, 3.05) is 13.6 Å². The van der Waals surface area contributed by atoms with E-state index < -0.39 is 5.92 Å². The van der Waals surface area contributed by atoms with Crippen LogP contribution < -0.4 is 5.32 Å². The molecule has 1 nitrogen and oxygen atoms in total. The first kappa shape index (κ1) is 25.8. The third-order valence-electron chi connectivity index (χ3n) is 6.49. The Labute approximate surface area is 178 Å². The number of halogens is 2. The molecule has 0 aromatic heterocycles. The van der Waals surface area contributed by atoms with Gasteiger partial charge >= 0.3 is 0 Å². The number of allylic oxidation sites excluding steroid dienone is 1. The van der Waals surface area contributed by atoms with E-state index in [2.05, 4.69) is 24.9 Å². The van der Waals surface area contributed by atoms with Crippen molar-refractivity contribution in [3.63, 3.8) is 0 Å². The summed E-state index contributed by atoms with van der Waals surface area (Å²) in [6.45, 7) is 7.87. The summed E-state index contributed by atoms with van der Waals surface area (Å²) in [5.41, 5.74) is 1.03. The normalized spacial score (nSPS) is 24.9. The molecule has 0 heterocycles. The van der Waals surface area contributed by atoms with Gasteiger partial charge in [-0.3, -0.25) is 0 Å². The van der Waals surface area contributed by atoms with Crippen molar-refractivity contribution in [2.24, 2.45) is 23.7 Å². The summed E-state index contributed by atoms with van der Waals surface area (Å²) in [6, 6.07) is 6.57. The summed E-state index contributed by atoms with van der Waals surface area (Å²) in [6.07, 6.45) is 13.3. The van der Waals surface area contributed by atoms with Crippen LogP contribution in [-0.4, -0.2) is 13.6 Å². The molecule has 29 heavy (non-hydrogen) atoms. The van der Waals surface area contributed by atoms with Crippen LogP contribution in [0.3, 0.4) is 0 Å². The van der Waals surface area contributed by atoms with Crippen LogP contribution in [0.15, 0.2) is 36.9 Å². The smallest absolute Gasteiger partial charge is 0.270 e. The number of nitrogens with one attached hydrogen (secondary N) is 1. The van der Waals surface area contributed by atoms with Gasteiger partial charge in [-0.15, -0.1) is 6.58 Å². The van der Waals surface area contributed by atoms with E-state index in [1.54, 1.807) is 12.1 Å². The van der Waals surface area contributed by atoms with Crippen molar-refractivity contribution in [3.8, 4) is 0 Å². The quantitative estimate of drug-likeness (QED) is 0.495. The monoisotopic (exact) mass is 407 g/mol. The number of alkyl halides is 2. The fourth-order valence-corrected chi connectivity index (χ4v) is 4.63. The number of hydrogen-bond acceptors (Lipinski definition) is 1. The highest BCUT2D eigenvalue weighted by molar-refractivity contribution is 5.26. The van der Waals surface area contributed by atoms with Gasteiger partial charge in [0.15, 0.2) is 0 Å². The molecule has 1 aromatic rings. The van der Waals surface area contributed by atoms with E-state index in [1.807, 2.05) is 13.1 Å². The number of benzene rings is 1. The van der Waals surface area contributed by atoms with Gasteiger partial charge in [-0.1, -0.05) is 70.7 Å². The van der Waals surface area contributed by atoms with E-state index in [0.717, 1.165) is 49.1 Å². The fraction of sp³-hybridized carbons (Fsp3) is 0.692. The lowest BCUT2D eigenvalue weighted by Crippen LogP contribution is -2.12. The van der Waals surface area contributed by atoms with Gasteiger partial charge in [0, 0.05) is 12.5 Å². The van der Waals surface area contributed by atoms with Crippen LogP contribution >= 0.6 is 0 Å². The molecular weight excluding hydrogens is 364 g/mol. The first-order chi connectivity index (χ1) is 13.4. The van der Waals surface area contributed by atoms with Gasteiger partial charge in [0.25, 0.3) is 5.92 Å². The van der Waals surface area contributed by atoms with E-state index in [4.69, 9.17) is 0 Å². The number of rotatable bonds is 5. The van der Waals surface area contributed by atoms with Gasteiger partial charge < -0.3 is 5.32 Å². The van der Waals surface area contributed by atoms with Crippen LogP contribution in [0.1, 0.15) is 77.3 Å². The van der Waals surface area contributed by atoms with Gasteiger partial charge in [-0.05, 0) is 68.2 Å².